The maximum absolute atomic E-state index is 12.5. The lowest BCUT2D eigenvalue weighted by molar-refractivity contribution is -0.144. The largest absolute Gasteiger partial charge is 0.479 e. The van der Waals surface area contributed by atoms with Crippen molar-refractivity contribution >= 4 is 12.0 Å². The van der Waals surface area contributed by atoms with Crippen LogP contribution < -0.4 is 5.32 Å². The van der Waals surface area contributed by atoms with Crippen molar-refractivity contribution in [2.24, 2.45) is 0 Å². The second-order valence-electron chi connectivity index (χ2n) is 5.76. The molecule has 0 saturated carbocycles. The van der Waals surface area contributed by atoms with Gasteiger partial charge in [0.25, 0.3) is 0 Å². The summed E-state index contributed by atoms with van der Waals surface area (Å²) in [6.07, 6.45) is 3.04. The minimum Gasteiger partial charge on any atom is -0.479 e. The normalized spacial score (nSPS) is 21.4. The Kier molecular flexibility index (Phi) is 4.50. The summed E-state index contributed by atoms with van der Waals surface area (Å²) in [7, 11) is 0. The Morgan fingerprint density at radius 1 is 1.29 bits per heavy atom. The topological polar surface area (TPSA) is 69.6 Å². The third-order valence-corrected chi connectivity index (χ3v) is 4.20. The Morgan fingerprint density at radius 2 is 1.95 bits per heavy atom. The van der Waals surface area contributed by atoms with Crippen LogP contribution in [0.4, 0.5) is 4.79 Å². The molecular formula is C16H22N2O3. The van der Waals surface area contributed by atoms with Crippen molar-refractivity contribution < 1.29 is 14.7 Å². The Labute approximate surface area is 125 Å². The van der Waals surface area contributed by atoms with Gasteiger partial charge in [-0.3, -0.25) is 0 Å². The Balaban J connectivity index is 2.20. The number of benzene rings is 1. The van der Waals surface area contributed by atoms with Gasteiger partial charge in [0.15, 0.2) is 5.54 Å². The summed E-state index contributed by atoms with van der Waals surface area (Å²) in [5.41, 5.74) is -0.856. The number of carboxylic acid groups (broad SMARTS) is 1. The Bertz CT molecular complexity index is 518. The highest BCUT2D eigenvalue weighted by Gasteiger charge is 2.38. The van der Waals surface area contributed by atoms with Crippen LogP contribution in [-0.2, 0) is 10.3 Å². The molecule has 1 aliphatic rings. The zero-order valence-electron chi connectivity index (χ0n) is 12.5. The Morgan fingerprint density at radius 3 is 2.52 bits per heavy atom. The third kappa shape index (κ3) is 3.17. The molecule has 1 aliphatic heterocycles. The molecule has 1 aromatic rings. The number of amides is 2. The summed E-state index contributed by atoms with van der Waals surface area (Å²) >= 11 is 0. The Hall–Kier alpha value is -2.04. The number of urea groups is 1. The number of aliphatic carboxylic acids is 1. The second kappa shape index (κ2) is 6.16. The maximum atomic E-state index is 12.5. The van der Waals surface area contributed by atoms with Crippen LogP contribution in [0, 0.1) is 0 Å². The number of hydrogen-bond acceptors (Lipinski definition) is 2. The van der Waals surface area contributed by atoms with E-state index in [-0.39, 0.29) is 12.1 Å². The van der Waals surface area contributed by atoms with E-state index in [1.807, 2.05) is 13.0 Å². The zero-order valence-corrected chi connectivity index (χ0v) is 12.5. The summed E-state index contributed by atoms with van der Waals surface area (Å²) in [5, 5.41) is 12.3. The molecule has 2 N–H and O–H groups in total. The van der Waals surface area contributed by atoms with E-state index in [9.17, 15) is 14.7 Å². The van der Waals surface area contributed by atoms with Crippen LogP contribution in [-0.4, -0.2) is 34.6 Å². The number of nitrogens with one attached hydrogen (secondary N) is 1. The van der Waals surface area contributed by atoms with Crippen molar-refractivity contribution in [3.63, 3.8) is 0 Å². The van der Waals surface area contributed by atoms with Crippen molar-refractivity contribution in [3.8, 4) is 0 Å². The number of likely N-dealkylation sites (tertiary alicyclic amines) is 1. The van der Waals surface area contributed by atoms with Crippen molar-refractivity contribution in [2.45, 2.75) is 44.7 Å². The predicted octanol–water partition coefficient (Wildman–Crippen LogP) is 2.57. The van der Waals surface area contributed by atoms with Crippen molar-refractivity contribution in [1.82, 2.24) is 10.2 Å². The average molecular weight is 290 g/mol. The molecular weight excluding hydrogens is 268 g/mol. The highest BCUT2D eigenvalue weighted by atomic mass is 16.4. The first-order valence-corrected chi connectivity index (χ1v) is 7.33. The first-order chi connectivity index (χ1) is 9.95. The van der Waals surface area contributed by atoms with Crippen LogP contribution in [0.2, 0.25) is 0 Å². The molecule has 2 rings (SSSR count). The standard InChI is InChI=1S/C16H22N2O3/c1-12-8-6-7-11-18(12)15(21)17-16(2,14(19)20)13-9-4-3-5-10-13/h3-5,9-10,12H,6-8,11H2,1-2H3,(H,17,21)(H,19,20). The van der Waals surface area contributed by atoms with E-state index in [1.54, 1.807) is 29.2 Å². The number of piperidine rings is 1. The fourth-order valence-electron chi connectivity index (χ4n) is 2.71. The van der Waals surface area contributed by atoms with Crippen molar-refractivity contribution in [2.75, 3.05) is 6.54 Å². The molecule has 5 heteroatoms. The minimum absolute atomic E-state index is 0.146. The number of carboxylic acids is 1. The molecule has 2 atom stereocenters. The van der Waals surface area contributed by atoms with E-state index in [0.717, 1.165) is 19.3 Å². The summed E-state index contributed by atoms with van der Waals surface area (Å²) in [6, 6.07) is 8.63. The predicted molar refractivity (Wildman–Crippen MR) is 80.0 cm³/mol. The molecule has 0 aliphatic carbocycles. The molecule has 21 heavy (non-hydrogen) atoms. The van der Waals surface area contributed by atoms with Crippen molar-refractivity contribution in [1.29, 1.82) is 0 Å². The molecule has 1 saturated heterocycles. The lowest BCUT2D eigenvalue weighted by Crippen LogP contribution is -2.56. The number of carbonyl (C=O) groups is 2. The van der Waals surface area contributed by atoms with Gasteiger partial charge in [0.2, 0.25) is 0 Å². The van der Waals surface area contributed by atoms with Crippen molar-refractivity contribution in [3.05, 3.63) is 35.9 Å². The van der Waals surface area contributed by atoms with Crippen LogP contribution in [0.1, 0.15) is 38.7 Å². The molecule has 1 heterocycles. The number of rotatable bonds is 3. The summed E-state index contributed by atoms with van der Waals surface area (Å²) in [6.45, 7) is 4.20. The lowest BCUT2D eigenvalue weighted by atomic mass is 9.92. The quantitative estimate of drug-likeness (QED) is 0.899. The fraction of sp³-hybridized carbons (Fsp3) is 0.500. The van der Waals surface area contributed by atoms with Gasteiger partial charge < -0.3 is 15.3 Å². The van der Waals surface area contributed by atoms with Gasteiger partial charge in [-0.05, 0) is 38.7 Å². The number of hydrogen-bond donors (Lipinski definition) is 2. The molecule has 0 spiro atoms. The molecule has 5 nitrogen and oxygen atoms in total. The SMILES string of the molecule is CC1CCCCN1C(=O)NC(C)(C(=O)O)c1ccccc1. The summed E-state index contributed by atoms with van der Waals surface area (Å²) in [5.74, 6) is -1.06. The van der Waals surface area contributed by atoms with Gasteiger partial charge in [0, 0.05) is 12.6 Å². The van der Waals surface area contributed by atoms with Crippen LogP contribution in [0.5, 0.6) is 0 Å². The first-order valence-electron chi connectivity index (χ1n) is 7.33. The van der Waals surface area contributed by atoms with E-state index < -0.39 is 11.5 Å². The molecule has 1 fully saturated rings. The lowest BCUT2D eigenvalue weighted by Gasteiger charge is -2.36. The van der Waals surface area contributed by atoms with Gasteiger partial charge in [-0.1, -0.05) is 30.3 Å². The van der Waals surface area contributed by atoms with Gasteiger partial charge in [-0.15, -0.1) is 0 Å². The van der Waals surface area contributed by atoms with E-state index in [4.69, 9.17) is 0 Å². The molecule has 0 radical (unpaired) electrons. The summed E-state index contributed by atoms with van der Waals surface area (Å²) < 4.78 is 0. The molecule has 114 valence electrons. The molecule has 0 aromatic heterocycles. The van der Waals surface area contributed by atoms with E-state index in [2.05, 4.69) is 5.32 Å². The third-order valence-electron chi connectivity index (χ3n) is 4.20. The fourth-order valence-corrected chi connectivity index (χ4v) is 2.71. The molecule has 0 bridgehead atoms. The first kappa shape index (κ1) is 15.4. The number of nitrogens with zero attached hydrogens (tertiary/aromatic N) is 1. The van der Waals surface area contributed by atoms with Crippen LogP contribution in [0.25, 0.3) is 0 Å². The van der Waals surface area contributed by atoms with Gasteiger partial charge in [0.1, 0.15) is 0 Å². The van der Waals surface area contributed by atoms with Gasteiger partial charge in [0.05, 0.1) is 0 Å². The zero-order chi connectivity index (χ0) is 15.5. The van der Waals surface area contributed by atoms with Crippen LogP contribution in [0.3, 0.4) is 0 Å². The molecule has 2 unspecified atom stereocenters. The summed E-state index contributed by atoms with van der Waals surface area (Å²) in [4.78, 5) is 25.9. The molecule has 1 aromatic carbocycles. The smallest absolute Gasteiger partial charge is 0.333 e. The van der Waals surface area contributed by atoms with Gasteiger partial charge >= 0.3 is 12.0 Å². The minimum atomic E-state index is -1.42. The van der Waals surface area contributed by atoms with Gasteiger partial charge in [-0.25, -0.2) is 9.59 Å². The van der Waals surface area contributed by atoms with Crippen LogP contribution >= 0.6 is 0 Å². The maximum Gasteiger partial charge on any atom is 0.333 e. The second-order valence-corrected chi connectivity index (χ2v) is 5.76. The number of carbonyl (C=O) groups excluding carboxylic acids is 1. The highest BCUT2D eigenvalue weighted by Crippen LogP contribution is 2.23. The molecule has 2 amide bonds. The van der Waals surface area contributed by atoms with E-state index >= 15 is 0 Å². The monoisotopic (exact) mass is 290 g/mol. The van der Waals surface area contributed by atoms with E-state index in [0.29, 0.717) is 12.1 Å². The van der Waals surface area contributed by atoms with Crippen LogP contribution in [0.15, 0.2) is 30.3 Å². The van der Waals surface area contributed by atoms with E-state index in [1.165, 1.54) is 6.92 Å². The average Bonchev–Trinajstić information content (AvgIpc) is 2.48. The highest BCUT2D eigenvalue weighted by molar-refractivity contribution is 5.87. The van der Waals surface area contributed by atoms with Gasteiger partial charge in [-0.2, -0.15) is 0 Å².